The highest BCUT2D eigenvalue weighted by molar-refractivity contribution is 5.87. The van der Waals surface area contributed by atoms with Crippen LogP contribution in [0.3, 0.4) is 0 Å². The van der Waals surface area contributed by atoms with E-state index >= 15 is 0 Å². The molecule has 1 aromatic heterocycles. The summed E-state index contributed by atoms with van der Waals surface area (Å²) in [6, 6.07) is 7.00. The van der Waals surface area contributed by atoms with Gasteiger partial charge in [0.1, 0.15) is 11.5 Å². The monoisotopic (exact) mass is 275 g/mol. The Balaban J connectivity index is 1.71. The van der Waals surface area contributed by atoms with E-state index in [0.29, 0.717) is 24.0 Å². The first kappa shape index (κ1) is 12.5. The summed E-state index contributed by atoms with van der Waals surface area (Å²) in [6.07, 6.45) is 2.44. The Kier molecular flexibility index (Phi) is 3.24. The molecule has 3 rings (SSSR count). The fraction of sp³-hybridized carbons (Fsp3) is 0.308. The molecule has 0 aliphatic heterocycles. The Morgan fingerprint density at radius 1 is 1.40 bits per heavy atom. The van der Waals surface area contributed by atoms with E-state index in [2.05, 4.69) is 15.4 Å². The quantitative estimate of drug-likeness (QED) is 0.837. The van der Waals surface area contributed by atoms with Crippen LogP contribution in [-0.4, -0.2) is 33.1 Å². The van der Waals surface area contributed by atoms with Crippen LogP contribution in [0.5, 0.6) is 17.4 Å². The molecule has 7 nitrogen and oxygen atoms in total. The Hall–Kier alpha value is -2.57. The van der Waals surface area contributed by atoms with E-state index < -0.39 is 5.97 Å². The van der Waals surface area contributed by atoms with Crippen molar-refractivity contribution in [3.63, 3.8) is 0 Å². The molecular weight excluding hydrogens is 262 g/mol. The molecule has 0 atom stereocenters. The van der Waals surface area contributed by atoms with E-state index in [1.165, 1.54) is 12.8 Å². The lowest BCUT2D eigenvalue weighted by molar-refractivity contribution is 0.0687. The molecule has 0 spiro atoms. The van der Waals surface area contributed by atoms with Gasteiger partial charge in [0.2, 0.25) is 5.69 Å². The third-order valence-electron chi connectivity index (χ3n) is 2.93. The van der Waals surface area contributed by atoms with Crippen LogP contribution in [0.1, 0.15) is 23.3 Å². The summed E-state index contributed by atoms with van der Waals surface area (Å²) in [5.74, 6) is 0.557. The van der Waals surface area contributed by atoms with E-state index in [-0.39, 0.29) is 11.6 Å². The number of rotatable bonds is 6. The van der Waals surface area contributed by atoms with Crippen LogP contribution in [0.2, 0.25) is 0 Å². The predicted molar refractivity (Wildman–Crippen MR) is 68.1 cm³/mol. The molecule has 1 saturated carbocycles. The Morgan fingerprint density at radius 2 is 2.20 bits per heavy atom. The number of hydrogen-bond donors (Lipinski definition) is 2. The number of aromatic nitrogens is 3. The number of aromatic carboxylic acids is 1. The minimum absolute atomic E-state index is 0.0724. The first-order valence-corrected chi connectivity index (χ1v) is 6.27. The molecule has 0 radical (unpaired) electrons. The van der Waals surface area contributed by atoms with Crippen LogP contribution in [0.25, 0.3) is 0 Å². The predicted octanol–water partition coefficient (Wildman–Crippen LogP) is 2.08. The molecule has 104 valence electrons. The largest absolute Gasteiger partial charge is 0.493 e. The number of carbonyl (C=O) groups is 1. The summed E-state index contributed by atoms with van der Waals surface area (Å²) >= 11 is 0. The number of H-pyrrole nitrogens is 1. The van der Waals surface area contributed by atoms with Gasteiger partial charge in [-0.3, -0.25) is 0 Å². The molecule has 1 aliphatic carbocycles. The summed E-state index contributed by atoms with van der Waals surface area (Å²) < 4.78 is 11.0. The fourth-order valence-corrected chi connectivity index (χ4v) is 1.67. The first-order valence-electron chi connectivity index (χ1n) is 6.27. The maximum atomic E-state index is 10.9. The molecule has 1 fully saturated rings. The zero-order valence-corrected chi connectivity index (χ0v) is 10.6. The van der Waals surface area contributed by atoms with Gasteiger partial charge in [-0.1, -0.05) is 16.4 Å². The van der Waals surface area contributed by atoms with Gasteiger partial charge in [0.05, 0.1) is 6.61 Å². The van der Waals surface area contributed by atoms with Gasteiger partial charge >= 0.3 is 5.97 Å². The van der Waals surface area contributed by atoms with Crippen LogP contribution in [0.4, 0.5) is 0 Å². The lowest BCUT2D eigenvalue weighted by Crippen LogP contribution is -2.00. The third kappa shape index (κ3) is 2.87. The zero-order valence-electron chi connectivity index (χ0n) is 10.6. The van der Waals surface area contributed by atoms with Gasteiger partial charge in [0.25, 0.3) is 5.88 Å². The first-order chi connectivity index (χ1) is 9.72. The number of ether oxygens (including phenoxy) is 2. The minimum atomic E-state index is -1.17. The average Bonchev–Trinajstić information content (AvgIpc) is 3.15. The summed E-state index contributed by atoms with van der Waals surface area (Å²) in [7, 11) is 0. The molecule has 1 aromatic carbocycles. The Bertz CT molecular complexity index is 622. The van der Waals surface area contributed by atoms with Gasteiger partial charge in [-0.2, -0.15) is 0 Å². The van der Waals surface area contributed by atoms with Gasteiger partial charge in [-0.25, -0.2) is 9.89 Å². The molecule has 2 aromatic rings. The van der Waals surface area contributed by atoms with Crippen LogP contribution in [0, 0.1) is 5.92 Å². The van der Waals surface area contributed by atoms with Gasteiger partial charge in [0.15, 0.2) is 0 Å². The van der Waals surface area contributed by atoms with Crippen molar-refractivity contribution in [1.82, 2.24) is 15.4 Å². The van der Waals surface area contributed by atoms with Crippen molar-refractivity contribution in [2.24, 2.45) is 5.92 Å². The van der Waals surface area contributed by atoms with Gasteiger partial charge in [-0.15, -0.1) is 0 Å². The van der Waals surface area contributed by atoms with Gasteiger partial charge in [0, 0.05) is 6.07 Å². The van der Waals surface area contributed by atoms with Gasteiger partial charge in [-0.05, 0) is 30.9 Å². The van der Waals surface area contributed by atoms with Crippen molar-refractivity contribution >= 4 is 5.97 Å². The maximum absolute atomic E-state index is 10.9. The molecule has 0 saturated heterocycles. The third-order valence-corrected chi connectivity index (χ3v) is 2.93. The molecular formula is C13H13N3O4. The number of nitrogens with zero attached hydrogens (tertiary/aromatic N) is 2. The van der Waals surface area contributed by atoms with Crippen LogP contribution in [0.15, 0.2) is 24.3 Å². The van der Waals surface area contributed by atoms with E-state index in [1.54, 1.807) is 18.2 Å². The molecule has 0 amide bonds. The number of carboxylic acids is 1. The number of hydrogen-bond acceptors (Lipinski definition) is 5. The van der Waals surface area contributed by atoms with Crippen molar-refractivity contribution in [2.75, 3.05) is 6.61 Å². The molecule has 2 N–H and O–H groups in total. The van der Waals surface area contributed by atoms with E-state index in [4.69, 9.17) is 14.6 Å². The second-order valence-electron chi connectivity index (χ2n) is 4.63. The highest BCUT2D eigenvalue weighted by Crippen LogP contribution is 2.31. The van der Waals surface area contributed by atoms with Crippen molar-refractivity contribution in [1.29, 1.82) is 0 Å². The van der Waals surface area contributed by atoms with Crippen molar-refractivity contribution in [3.8, 4) is 17.4 Å². The number of aromatic amines is 1. The van der Waals surface area contributed by atoms with Crippen molar-refractivity contribution in [2.45, 2.75) is 12.8 Å². The van der Waals surface area contributed by atoms with E-state index in [0.717, 1.165) is 0 Å². The average molecular weight is 275 g/mol. The Morgan fingerprint density at radius 3 is 2.95 bits per heavy atom. The molecule has 1 heterocycles. The Labute approximate surface area is 114 Å². The van der Waals surface area contributed by atoms with E-state index in [1.807, 2.05) is 6.07 Å². The van der Waals surface area contributed by atoms with Crippen LogP contribution < -0.4 is 9.47 Å². The lowest BCUT2D eigenvalue weighted by atomic mass is 10.3. The minimum Gasteiger partial charge on any atom is -0.493 e. The second kappa shape index (κ2) is 5.20. The van der Waals surface area contributed by atoms with Crippen molar-refractivity contribution < 1.29 is 19.4 Å². The number of nitrogens with one attached hydrogen (secondary N) is 1. The summed E-state index contributed by atoms with van der Waals surface area (Å²) in [4.78, 5) is 10.9. The topological polar surface area (TPSA) is 97.3 Å². The molecule has 1 aliphatic rings. The van der Waals surface area contributed by atoms with Crippen molar-refractivity contribution in [3.05, 3.63) is 30.0 Å². The molecule has 0 bridgehead atoms. The highest BCUT2D eigenvalue weighted by Gasteiger charge is 2.22. The molecule has 7 heteroatoms. The standard InChI is InChI=1S/C13H13N3O4/c17-13(18)11-12(15-16-14-11)20-10-3-1-2-9(6-10)19-7-8-4-5-8/h1-3,6,8H,4-5,7H2,(H,17,18)(H,14,15,16). The summed E-state index contributed by atoms with van der Waals surface area (Å²) in [5, 5.41) is 18.2. The fourth-order valence-electron chi connectivity index (χ4n) is 1.67. The maximum Gasteiger partial charge on any atom is 0.359 e. The number of benzene rings is 1. The highest BCUT2D eigenvalue weighted by atomic mass is 16.5. The van der Waals surface area contributed by atoms with Crippen LogP contribution in [-0.2, 0) is 0 Å². The normalized spacial score (nSPS) is 14.0. The number of carboxylic acid groups (broad SMARTS) is 1. The molecule has 20 heavy (non-hydrogen) atoms. The second-order valence-corrected chi connectivity index (χ2v) is 4.63. The SMILES string of the molecule is O=C(O)c1[nH]nnc1Oc1cccc(OCC2CC2)c1. The summed E-state index contributed by atoms with van der Waals surface area (Å²) in [6.45, 7) is 0.702. The smallest absolute Gasteiger partial charge is 0.359 e. The van der Waals surface area contributed by atoms with Crippen LogP contribution >= 0.6 is 0 Å². The summed E-state index contributed by atoms with van der Waals surface area (Å²) in [5.41, 5.74) is -0.186. The zero-order chi connectivity index (χ0) is 13.9. The molecule has 0 unspecified atom stereocenters. The lowest BCUT2D eigenvalue weighted by Gasteiger charge is -2.07. The van der Waals surface area contributed by atoms with Gasteiger partial charge < -0.3 is 14.6 Å². The van der Waals surface area contributed by atoms with E-state index in [9.17, 15) is 4.79 Å².